The fourth-order valence-corrected chi connectivity index (χ4v) is 4.62. The van der Waals surface area contributed by atoms with Crippen molar-refractivity contribution in [3.05, 3.63) is 71.5 Å². The van der Waals surface area contributed by atoms with E-state index >= 15 is 0 Å². The number of hydrogen-bond acceptors (Lipinski definition) is 6. The average Bonchev–Trinajstić information content (AvgIpc) is 3.04. The molecule has 4 aromatic rings. The van der Waals surface area contributed by atoms with Gasteiger partial charge in [-0.25, -0.2) is 17.8 Å². The third-order valence-electron chi connectivity index (χ3n) is 5.28. The Morgan fingerprint density at radius 3 is 2.39 bits per heavy atom. The standard InChI is InChI=1S/C22H24N6O2S/c1-15-16(2)27-28(17(15)3)22-12-11-21(25-26-22)23-13-14-24-31(29,30)20-10-6-8-18-7-4-5-9-19(18)20/h4-12,24H,13-14H2,1-3H3,(H,23,25). The summed E-state index contributed by atoms with van der Waals surface area (Å²) in [6.07, 6.45) is 0. The van der Waals surface area contributed by atoms with Gasteiger partial charge in [-0.2, -0.15) is 5.10 Å². The lowest BCUT2D eigenvalue weighted by molar-refractivity contribution is 0.584. The summed E-state index contributed by atoms with van der Waals surface area (Å²) in [6.45, 7) is 6.56. The van der Waals surface area contributed by atoms with Crippen molar-refractivity contribution in [1.29, 1.82) is 0 Å². The minimum Gasteiger partial charge on any atom is -0.367 e. The Morgan fingerprint density at radius 2 is 1.68 bits per heavy atom. The molecule has 0 saturated heterocycles. The summed E-state index contributed by atoms with van der Waals surface area (Å²) >= 11 is 0. The molecule has 2 aromatic carbocycles. The second kappa shape index (κ2) is 8.44. The number of aromatic nitrogens is 4. The maximum Gasteiger partial charge on any atom is 0.241 e. The van der Waals surface area contributed by atoms with Crippen molar-refractivity contribution in [2.24, 2.45) is 0 Å². The van der Waals surface area contributed by atoms with Gasteiger partial charge < -0.3 is 5.32 Å². The Bertz CT molecular complexity index is 1320. The monoisotopic (exact) mass is 436 g/mol. The van der Waals surface area contributed by atoms with Crippen molar-refractivity contribution in [2.75, 3.05) is 18.4 Å². The molecule has 0 aliphatic carbocycles. The summed E-state index contributed by atoms with van der Waals surface area (Å²) in [5, 5.41) is 17.5. The number of nitrogens with zero attached hydrogens (tertiary/aromatic N) is 4. The molecule has 0 aliphatic heterocycles. The van der Waals surface area contributed by atoms with Gasteiger partial charge in [0, 0.05) is 24.2 Å². The van der Waals surface area contributed by atoms with Crippen LogP contribution in [0.4, 0.5) is 5.82 Å². The number of rotatable bonds is 7. The molecular formula is C22H24N6O2S. The first-order chi connectivity index (χ1) is 14.9. The van der Waals surface area contributed by atoms with Crippen LogP contribution in [-0.2, 0) is 10.0 Å². The van der Waals surface area contributed by atoms with Gasteiger partial charge in [-0.3, -0.25) is 0 Å². The minimum atomic E-state index is -3.63. The zero-order chi connectivity index (χ0) is 22.0. The predicted octanol–water partition coefficient (Wildman–Crippen LogP) is 3.13. The molecule has 31 heavy (non-hydrogen) atoms. The molecule has 4 rings (SSSR count). The molecule has 2 heterocycles. The quantitative estimate of drug-likeness (QED) is 0.432. The summed E-state index contributed by atoms with van der Waals surface area (Å²) in [7, 11) is -3.63. The van der Waals surface area contributed by atoms with E-state index in [1.54, 1.807) is 22.9 Å². The summed E-state index contributed by atoms with van der Waals surface area (Å²) < 4.78 is 29.9. The van der Waals surface area contributed by atoms with Crippen LogP contribution in [0.15, 0.2) is 59.5 Å². The number of anilines is 1. The third-order valence-corrected chi connectivity index (χ3v) is 6.80. The van der Waals surface area contributed by atoms with E-state index in [2.05, 4.69) is 25.3 Å². The lowest BCUT2D eigenvalue weighted by Crippen LogP contribution is -2.29. The highest BCUT2D eigenvalue weighted by Gasteiger charge is 2.16. The highest BCUT2D eigenvalue weighted by atomic mass is 32.2. The summed E-state index contributed by atoms with van der Waals surface area (Å²) in [6, 6.07) is 16.3. The maximum atomic E-state index is 12.7. The largest absolute Gasteiger partial charge is 0.367 e. The van der Waals surface area contributed by atoms with Gasteiger partial charge in [0.05, 0.1) is 10.6 Å². The lowest BCUT2D eigenvalue weighted by Gasteiger charge is -2.10. The first-order valence-corrected chi connectivity index (χ1v) is 11.4. The van der Waals surface area contributed by atoms with Gasteiger partial charge in [0.2, 0.25) is 10.0 Å². The van der Waals surface area contributed by atoms with E-state index in [0.29, 0.717) is 23.6 Å². The Kier molecular flexibility index (Phi) is 5.71. The van der Waals surface area contributed by atoms with Gasteiger partial charge in [0.1, 0.15) is 5.82 Å². The molecule has 8 nitrogen and oxygen atoms in total. The van der Waals surface area contributed by atoms with Crippen molar-refractivity contribution in [2.45, 2.75) is 25.7 Å². The van der Waals surface area contributed by atoms with Crippen LogP contribution >= 0.6 is 0 Å². The van der Waals surface area contributed by atoms with Crippen LogP contribution in [0, 0.1) is 20.8 Å². The molecule has 0 unspecified atom stereocenters. The summed E-state index contributed by atoms with van der Waals surface area (Å²) in [5.74, 6) is 1.20. The van der Waals surface area contributed by atoms with E-state index in [0.717, 1.165) is 22.3 Å². The highest BCUT2D eigenvalue weighted by Crippen LogP contribution is 2.22. The van der Waals surface area contributed by atoms with Crippen LogP contribution in [-0.4, -0.2) is 41.5 Å². The van der Waals surface area contributed by atoms with Gasteiger partial charge in [-0.15, -0.1) is 10.2 Å². The molecule has 0 atom stereocenters. The predicted molar refractivity (Wildman–Crippen MR) is 121 cm³/mol. The van der Waals surface area contributed by atoms with Crippen LogP contribution in [0.3, 0.4) is 0 Å². The molecule has 9 heteroatoms. The smallest absolute Gasteiger partial charge is 0.241 e. The number of hydrogen-bond donors (Lipinski definition) is 2. The average molecular weight is 437 g/mol. The van der Waals surface area contributed by atoms with Crippen molar-refractivity contribution in [3.63, 3.8) is 0 Å². The number of fused-ring (bicyclic) bond motifs is 1. The van der Waals surface area contributed by atoms with Crippen molar-refractivity contribution in [1.82, 2.24) is 24.7 Å². The molecular weight excluding hydrogens is 412 g/mol. The normalized spacial score (nSPS) is 11.7. The number of benzene rings is 2. The summed E-state index contributed by atoms with van der Waals surface area (Å²) in [4.78, 5) is 0.273. The van der Waals surface area contributed by atoms with Gasteiger partial charge in [0.25, 0.3) is 0 Å². The Morgan fingerprint density at radius 1 is 0.903 bits per heavy atom. The molecule has 0 fully saturated rings. The second-order valence-corrected chi connectivity index (χ2v) is 9.02. The molecule has 2 aromatic heterocycles. The van der Waals surface area contributed by atoms with Crippen molar-refractivity contribution in [3.8, 4) is 5.82 Å². The molecule has 160 valence electrons. The molecule has 0 spiro atoms. The van der Waals surface area contributed by atoms with Crippen LogP contribution < -0.4 is 10.0 Å². The maximum absolute atomic E-state index is 12.7. The first-order valence-electron chi connectivity index (χ1n) is 9.95. The third kappa shape index (κ3) is 4.28. The zero-order valence-corrected chi connectivity index (χ0v) is 18.4. The molecule has 0 bridgehead atoms. The number of nitrogens with one attached hydrogen (secondary N) is 2. The van der Waals surface area contributed by atoms with Crippen LogP contribution in [0.5, 0.6) is 0 Å². The molecule has 2 N–H and O–H groups in total. The lowest BCUT2D eigenvalue weighted by atomic mass is 10.1. The zero-order valence-electron chi connectivity index (χ0n) is 17.6. The van der Waals surface area contributed by atoms with E-state index in [1.165, 1.54) is 0 Å². The molecule has 0 radical (unpaired) electrons. The summed E-state index contributed by atoms with van der Waals surface area (Å²) in [5.41, 5.74) is 3.11. The van der Waals surface area contributed by atoms with E-state index in [4.69, 9.17) is 0 Å². The van der Waals surface area contributed by atoms with E-state index in [9.17, 15) is 8.42 Å². The van der Waals surface area contributed by atoms with E-state index < -0.39 is 10.0 Å². The minimum absolute atomic E-state index is 0.214. The molecule has 0 aliphatic rings. The van der Waals surface area contributed by atoms with Gasteiger partial charge in [-0.1, -0.05) is 36.4 Å². The topological polar surface area (TPSA) is 102 Å². The fourth-order valence-electron chi connectivity index (χ4n) is 3.36. The van der Waals surface area contributed by atoms with Gasteiger partial charge in [0.15, 0.2) is 5.82 Å². The van der Waals surface area contributed by atoms with Gasteiger partial charge >= 0.3 is 0 Å². The second-order valence-electron chi connectivity index (χ2n) is 7.29. The fraction of sp³-hybridized carbons (Fsp3) is 0.227. The van der Waals surface area contributed by atoms with Gasteiger partial charge in [-0.05, 0) is 49.9 Å². The highest BCUT2D eigenvalue weighted by molar-refractivity contribution is 7.89. The molecule has 0 saturated carbocycles. The Hall–Kier alpha value is -3.30. The van der Waals surface area contributed by atoms with Crippen LogP contribution in [0.25, 0.3) is 16.6 Å². The Balaban J connectivity index is 1.38. The van der Waals surface area contributed by atoms with Crippen LogP contribution in [0.1, 0.15) is 17.0 Å². The molecule has 0 amide bonds. The number of sulfonamides is 1. The van der Waals surface area contributed by atoms with E-state index in [1.807, 2.05) is 57.2 Å². The van der Waals surface area contributed by atoms with E-state index in [-0.39, 0.29) is 11.4 Å². The number of aryl methyl sites for hydroxylation is 1. The van der Waals surface area contributed by atoms with Crippen molar-refractivity contribution >= 4 is 26.6 Å². The SMILES string of the molecule is Cc1nn(-c2ccc(NCCNS(=O)(=O)c3cccc4ccccc34)nn2)c(C)c1C. The van der Waals surface area contributed by atoms with Crippen molar-refractivity contribution < 1.29 is 8.42 Å². The van der Waals surface area contributed by atoms with Crippen LogP contribution in [0.2, 0.25) is 0 Å². The first kappa shape index (κ1) is 21.0. The Labute approximate surface area is 181 Å².